The molecule has 2 aromatic rings. The third kappa shape index (κ3) is 5.30. The maximum Gasteiger partial charge on any atom is 0.254 e. The lowest BCUT2D eigenvalue weighted by Crippen LogP contribution is -2.41. The minimum atomic E-state index is 0.0349. The lowest BCUT2D eigenvalue weighted by molar-refractivity contribution is 0.0303. The molecule has 2 saturated heterocycles. The molecule has 0 aliphatic carbocycles. The summed E-state index contributed by atoms with van der Waals surface area (Å²) in [5, 5.41) is 0. The van der Waals surface area contributed by atoms with Crippen molar-refractivity contribution in [2.45, 2.75) is 26.7 Å². The number of hydrogen-bond donors (Lipinski definition) is 0. The van der Waals surface area contributed by atoms with E-state index in [-0.39, 0.29) is 11.8 Å². The first-order chi connectivity index (χ1) is 15.5. The van der Waals surface area contributed by atoms with E-state index < -0.39 is 0 Å². The summed E-state index contributed by atoms with van der Waals surface area (Å²) >= 11 is 0. The number of aryl methyl sites for hydroxylation is 2. The summed E-state index contributed by atoms with van der Waals surface area (Å²) in [5.41, 5.74) is 3.65. The smallest absolute Gasteiger partial charge is 0.254 e. The van der Waals surface area contributed by atoms with Crippen LogP contribution in [0.2, 0.25) is 0 Å². The Balaban J connectivity index is 1.30. The molecule has 2 aromatic carbocycles. The van der Waals surface area contributed by atoms with Crippen LogP contribution in [0.5, 0.6) is 5.75 Å². The number of nitrogens with zero attached hydrogens (tertiary/aromatic N) is 2. The van der Waals surface area contributed by atoms with E-state index in [9.17, 15) is 9.59 Å². The zero-order chi connectivity index (χ0) is 22.5. The Morgan fingerprint density at radius 1 is 0.969 bits per heavy atom. The quantitative estimate of drug-likeness (QED) is 0.717. The van der Waals surface area contributed by atoms with Crippen LogP contribution in [-0.2, 0) is 4.74 Å². The van der Waals surface area contributed by atoms with Gasteiger partial charge in [-0.1, -0.05) is 17.7 Å². The maximum absolute atomic E-state index is 13.0. The molecule has 2 aliphatic heterocycles. The summed E-state index contributed by atoms with van der Waals surface area (Å²) in [7, 11) is 0. The summed E-state index contributed by atoms with van der Waals surface area (Å²) in [6, 6.07) is 13.4. The van der Waals surface area contributed by atoms with Crippen LogP contribution in [0.15, 0.2) is 42.5 Å². The molecule has 2 aliphatic rings. The van der Waals surface area contributed by atoms with Crippen molar-refractivity contribution in [3.8, 4) is 5.75 Å². The van der Waals surface area contributed by atoms with E-state index in [1.54, 1.807) is 0 Å². The highest BCUT2D eigenvalue weighted by Crippen LogP contribution is 2.22. The van der Waals surface area contributed by atoms with Crippen LogP contribution < -0.4 is 4.74 Å². The zero-order valence-electron chi connectivity index (χ0n) is 19.0. The Hall–Kier alpha value is -2.86. The van der Waals surface area contributed by atoms with Gasteiger partial charge in [0.05, 0.1) is 19.8 Å². The Morgan fingerprint density at radius 3 is 2.44 bits per heavy atom. The minimum Gasteiger partial charge on any atom is -0.493 e. The van der Waals surface area contributed by atoms with E-state index >= 15 is 0 Å². The molecule has 6 nitrogen and oxygen atoms in total. The molecule has 2 amide bonds. The van der Waals surface area contributed by atoms with Crippen molar-refractivity contribution in [2.24, 2.45) is 5.92 Å². The second-order valence-electron chi connectivity index (χ2n) is 8.82. The normalized spacial score (nSPS) is 19.0. The van der Waals surface area contributed by atoms with Crippen LogP contribution in [-0.4, -0.2) is 67.6 Å². The van der Waals surface area contributed by atoms with E-state index in [2.05, 4.69) is 6.07 Å². The number of morpholine rings is 1. The molecule has 0 radical (unpaired) electrons. The highest BCUT2D eigenvalue weighted by Gasteiger charge is 2.26. The van der Waals surface area contributed by atoms with E-state index in [0.717, 1.165) is 36.3 Å². The number of amides is 2. The molecule has 0 bridgehead atoms. The molecule has 0 unspecified atom stereocenters. The molecule has 32 heavy (non-hydrogen) atoms. The van der Waals surface area contributed by atoms with Gasteiger partial charge < -0.3 is 19.3 Å². The fraction of sp³-hybridized carbons (Fsp3) is 0.462. The number of benzene rings is 2. The standard InChI is InChI=1S/C26H32N2O4/c1-19-5-10-24(20(2)16-19)26(30)28-11-3-4-21(17-28)18-32-23-8-6-22(7-9-23)25(29)27-12-14-31-15-13-27/h5-10,16,21H,3-4,11-15,17-18H2,1-2H3/t21-/m1/s1. The van der Waals surface area contributed by atoms with Crippen LogP contribution >= 0.6 is 0 Å². The number of rotatable bonds is 5. The minimum absolute atomic E-state index is 0.0349. The van der Waals surface area contributed by atoms with Crippen molar-refractivity contribution in [1.29, 1.82) is 0 Å². The van der Waals surface area contributed by atoms with Crippen LogP contribution in [0.25, 0.3) is 0 Å². The van der Waals surface area contributed by atoms with Gasteiger partial charge in [-0.3, -0.25) is 9.59 Å². The van der Waals surface area contributed by atoms with Gasteiger partial charge in [0.25, 0.3) is 11.8 Å². The van der Waals surface area contributed by atoms with Crippen molar-refractivity contribution >= 4 is 11.8 Å². The molecule has 0 aromatic heterocycles. The first-order valence-electron chi connectivity index (χ1n) is 11.5. The van der Waals surface area contributed by atoms with Crippen LogP contribution in [0.1, 0.15) is 44.7 Å². The van der Waals surface area contributed by atoms with Crippen LogP contribution in [0, 0.1) is 19.8 Å². The molecule has 1 atom stereocenters. The molecule has 2 fully saturated rings. The van der Waals surface area contributed by atoms with Crippen molar-refractivity contribution in [3.05, 3.63) is 64.7 Å². The van der Waals surface area contributed by atoms with Gasteiger partial charge in [0.1, 0.15) is 5.75 Å². The second-order valence-corrected chi connectivity index (χ2v) is 8.82. The van der Waals surface area contributed by atoms with Gasteiger partial charge in [-0.05, 0) is 62.6 Å². The largest absolute Gasteiger partial charge is 0.493 e. The van der Waals surface area contributed by atoms with Crippen molar-refractivity contribution in [2.75, 3.05) is 46.0 Å². The first kappa shape index (κ1) is 22.3. The van der Waals surface area contributed by atoms with Gasteiger partial charge in [-0.2, -0.15) is 0 Å². The molecular weight excluding hydrogens is 404 g/mol. The van der Waals surface area contributed by atoms with Crippen molar-refractivity contribution < 1.29 is 19.1 Å². The fourth-order valence-electron chi connectivity index (χ4n) is 4.47. The number of hydrogen-bond acceptors (Lipinski definition) is 4. The van der Waals surface area contributed by atoms with Gasteiger partial charge in [0.15, 0.2) is 0 Å². The van der Waals surface area contributed by atoms with Crippen molar-refractivity contribution in [3.63, 3.8) is 0 Å². The predicted molar refractivity (Wildman–Crippen MR) is 123 cm³/mol. The van der Waals surface area contributed by atoms with E-state index in [1.165, 1.54) is 5.56 Å². The summed E-state index contributed by atoms with van der Waals surface area (Å²) in [4.78, 5) is 29.4. The average molecular weight is 437 g/mol. The summed E-state index contributed by atoms with van der Waals surface area (Å²) < 4.78 is 11.3. The second kappa shape index (κ2) is 10.2. The monoisotopic (exact) mass is 436 g/mol. The Morgan fingerprint density at radius 2 is 1.72 bits per heavy atom. The number of likely N-dealkylation sites (tertiary alicyclic amines) is 1. The van der Waals surface area contributed by atoms with E-state index in [0.29, 0.717) is 50.9 Å². The van der Waals surface area contributed by atoms with Gasteiger partial charge in [0, 0.05) is 43.2 Å². The summed E-state index contributed by atoms with van der Waals surface area (Å²) in [6.07, 6.45) is 2.03. The molecule has 0 saturated carbocycles. The molecule has 2 heterocycles. The maximum atomic E-state index is 13.0. The Kier molecular flexibility index (Phi) is 7.10. The third-order valence-corrected chi connectivity index (χ3v) is 6.30. The van der Waals surface area contributed by atoms with Gasteiger partial charge in [0.2, 0.25) is 0 Å². The Bertz CT molecular complexity index is 951. The summed E-state index contributed by atoms with van der Waals surface area (Å²) in [5.74, 6) is 1.19. The number of carbonyl (C=O) groups excluding carboxylic acids is 2. The van der Waals surface area contributed by atoms with Gasteiger partial charge in [-0.15, -0.1) is 0 Å². The third-order valence-electron chi connectivity index (χ3n) is 6.30. The van der Waals surface area contributed by atoms with E-state index in [4.69, 9.17) is 9.47 Å². The highest BCUT2D eigenvalue weighted by atomic mass is 16.5. The highest BCUT2D eigenvalue weighted by molar-refractivity contribution is 5.96. The average Bonchev–Trinajstić information content (AvgIpc) is 2.83. The van der Waals surface area contributed by atoms with Crippen LogP contribution in [0.3, 0.4) is 0 Å². The number of carbonyl (C=O) groups is 2. The summed E-state index contributed by atoms with van der Waals surface area (Å²) in [6.45, 7) is 8.56. The molecular formula is C26H32N2O4. The molecule has 6 heteroatoms. The topological polar surface area (TPSA) is 59.1 Å². The molecule has 0 N–H and O–H groups in total. The number of piperidine rings is 1. The molecule has 170 valence electrons. The molecule has 4 rings (SSSR count). The molecule has 0 spiro atoms. The first-order valence-corrected chi connectivity index (χ1v) is 11.5. The SMILES string of the molecule is Cc1ccc(C(=O)N2CCC[C@@H](COc3ccc(C(=O)N4CCOCC4)cc3)C2)c(C)c1. The van der Waals surface area contributed by atoms with Crippen molar-refractivity contribution in [1.82, 2.24) is 9.80 Å². The predicted octanol–water partition coefficient (Wildman–Crippen LogP) is 3.71. The fourth-order valence-corrected chi connectivity index (χ4v) is 4.47. The van der Waals surface area contributed by atoms with Gasteiger partial charge in [-0.25, -0.2) is 0 Å². The zero-order valence-corrected chi connectivity index (χ0v) is 19.0. The van der Waals surface area contributed by atoms with E-state index in [1.807, 2.05) is 60.0 Å². The van der Waals surface area contributed by atoms with Crippen LogP contribution in [0.4, 0.5) is 0 Å². The number of ether oxygens (including phenoxy) is 2. The van der Waals surface area contributed by atoms with Gasteiger partial charge >= 0.3 is 0 Å². The lowest BCUT2D eigenvalue weighted by Gasteiger charge is -2.33. The Labute approximate surface area is 190 Å². The lowest BCUT2D eigenvalue weighted by atomic mass is 9.97.